The van der Waals surface area contributed by atoms with Crippen molar-refractivity contribution in [3.8, 4) is 5.75 Å². The molecule has 2 unspecified atom stereocenters. The van der Waals surface area contributed by atoms with E-state index in [-0.39, 0.29) is 23.4 Å². The van der Waals surface area contributed by atoms with E-state index in [4.69, 9.17) is 4.74 Å². The molecule has 0 N–H and O–H groups in total. The van der Waals surface area contributed by atoms with Gasteiger partial charge in [-0.15, -0.1) is 0 Å². The highest BCUT2D eigenvalue weighted by Crippen LogP contribution is 2.49. The molecule has 0 aliphatic heterocycles. The van der Waals surface area contributed by atoms with Crippen LogP contribution in [0.3, 0.4) is 0 Å². The molecule has 3 heteroatoms. The van der Waals surface area contributed by atoms with E-state index in [2.05, 4.69) is 0 Å². The van der Waals surface area contributed by atoms with Crippen molar-refractivity contribution >= 4 is 5.78 Å². The molecule has 1 fully saturated rings. The molecule has 0 heterocycles. The fraction of sp³-hybridized carbons (Fsp3) is 0.471. The van der Waals surface area contributed by atoms with E-state index in [1.165, 1.54) is 6.07 Å². The van der Waals surface area contributed by atoms with Gasteiger partial charge in [0, 0.05) is 11.5 Å². The van der Waals surface area contributed by atoms with E-state index in [0.717, 1.165) is 25.7 Å². The lowest BCUT2D eigenvalue weighted by molar-refractivity contribution is 0.0895. The van der Waals surface area contributed by atoms with E-state index >= 15 is 0 Å². The van der Waals surface area contributed by atoms with E-state index < -0.39 is 0 Å². The molecule has 0 amide bonds. The second-order valence-electron chi connectivity index (χ2n) is 5.58. The number of carbonyl (C=O) groups excluding carboxylic acids is 1. The van der Waals surface area contributed by atoms with Crippen LogP contribution in [0, 0.1) is 11.7 Å². The van der Waals surface area contributed by atoms with Crippen LogP contribution in [0.2, 0.25) is 0 Å². The fourth-order valence-corrected chi connectivity index (χ4v) is 3.52. The minimum Gasteiger partial charge on any atom is -0.489 e. The molecule has 2 atom stereocenters. The van der Waals surface area contributed by atoms with Gasteiger partial charge in [-0.05, 0) is 37.8 Å². The highest BCUT2D eigenvalue weighted by Gasteiger charge is 2.44. The van der Waals surface area contributed by atoms with Crippen LogP contribution in [0.4, 0.5) is 4.39 Å². The van der Waals surface area contributed by atoms with Gasteiger partial charge in [-0.1, -0.05) is 25.0 Å². The van der Waals surface area contributed by atoms with Gasteiger partial charge in [0.05, 0.1) is 5.56 Å². The molecule has 2 aliphatic rings. The number of ketones is 1. The predicted octanol–water partition coefficient (Wildman–Crippen LogP) is 4.25. The number of benzene rings is 1. The Balaban J connectivity index is 2.01. The summed E-state index contributed by atoms with van der Waals surface area (Å²) >= 11 is 0. The lowest BCUT2D eigenvalue weighted by atomic mass is 9.79. The van der Waals surface area contributed by atoms with Gasteiger partial charge in [-0.2, -0.15) is 0 Å². The molecule has 0 saturated heterocycles. The molecule has 20 heavy (non-hydrogen) atoms. The number of carbonyl (C=O) groups is 1. The quantitative estimate of drug-likeness (QED) is 0.770. The number of fused-ring (bicyclic) bond motifs is 3. The minimum absolute atomic E-state index is 0.0280. The first kappa shape index (κ1) is 13.3. The smallest absolute Gasteiger partial charge is 0.170 e. The molecule has 1 saturated carbocycles. The molecule has 1 aromatic carbocycles. The van der Waals surface area contributed by atoms with E-state index in [0.29, 0.717) is 23.5 Å². The maximum atomic E-state index is 14.2. The zero-order valence-corrected chi connectivity index (χ0v) is 11.7. The highest BCUT2D eigenvalue weighted by atomic mass is 19.1. The van der Waals surface area contributed by atoms with Crippen LogP contribution >= 0.6 is 0 Å². The molecule has 0 spiro atoms. The summed E-state index contributed by atoms with van der Waals surface area (Å²) in [5.41, 5.74) is 1.11. The van der Waals surface area contributed by atoms with Gasteiger partial charge in [0.1, 0.15) is 18.2 Å². The second kappa shape index (κ2) is 5.39. The van der Waals surface area contributed by atoms with Crippen LogP contribution in [0.25, 0.3) is 0 Å². The SMILES string of the molecule is C/C=C/COc1ccc(F)c2c1C(=O)C1CCCCC21. The zero-order chi connectivity index (χ0) is 14.1. The monoisotopic (exact) mass is 274 g/mol. The Morgan fingerprint density at radius 1 is 1.30 bits per heavy atom. The van der Waals surface area contributed by atoms with E-state index in [1.807, 2.05) is 19.1 Å². The van der Waals surface area contributed by atoms with Crippen molar-refractivity contribution in [3.05, 3.63) is 41.2 Å². The number of ether oxygens (including phenoxy) is 1. The molecule has 0 radical (unpaired) electrons. The van der Waals surface area contributed by atoms with Crippen molar-refractivity contribution in [3.63, 3.8) is 0 Å². The summed E-state index contributed by atoms with van der Waals surface area (Å²) in [7, 11) is 0. The maximum Gasteiger partial charge on any atom is 0.170 e. The predicted molar refractivity (Wildman–Crippen MR) is 75.7 cm³/mol. The van der Waals surface area contributed by atoms with E-state index in [9.17, 15) is 9.18 Å². The standard InChI is InChI=1S/C17H19FO2/c1-2-3-10-20-14-9-8-13(18)15-11-6-4-5-7-12(11)17(19)16(14)15/h2-3,8-9,11-12H,4-7,10H2,1H3/b3-2+. The lowest BCUT2D eigenvalue weighted by Gasteiger charge is -2.24. The summed E-state index contributed by atoms with van der Waals surface area (Å²) in [5.74, 6) is 0.413. The van der Waals surface area contributed by atoms with Crippen LogP contribution in [0.5, 0.6) is 5.75 Å². The van der Waals surface area contributed by atoms with Crippen molar-refractivity contribution in [1.29, 1.82) is 0 Å². The maximum absolute atomic E-state index is 14.2. The highest BCUT2D eigenvalue weighted by molar-refractivity contribution is 6.05. The Bertz CT molecular complexity index is 562. The lowest BCUT2D eigenvalue weighted by Crippen LogP contribution is -2.18. The molecule has 2 nitrogen and oxygen atoms in total. The Morgan fingerprint density at radius 2 is 2.05 bits per heavy atom. The number of allylic oxidation sites excluding steroid dienone is 1. The van der Waals surface area contributed by atoms with Gasteiger partial charge in [0.2, 0.25) is 0 Å². The van der Waals surface area contributed by atoms with Crippen molar-refractivity contribution < 1.29 is 13.9 Å². The van der Waals surface area contributed by atoms with Crippen LogP contribution in [-0.2, 0) is 0 Å². The third kappa shape index (κ3) is 2.05. The Kier molecular flexibility index (Phi) is 3.60. The van der Waals surface area contributed by atoms with Crippen LogP contribution in [0.1, 0.15) is 54.4 Å². The molecular formula is C17H19FO2. The average molecular weight is 274 g/mol. The van der Waals surface area contributed by atoms with Crippen molar-refractivity contribution in [2.24, 2.45) is 5.92 Å². The first-order chi connectivity index (χ1) is 9.74. The third-order valence-corrected chi connectivity index (χ3v) is 4.44. The number of halogens is 1. The summed E-state index contributed by atoms with van der Waals surface area (Å²) in [5, 5.41) is 0. The number of rotatable bonds is 3. The zero-order valence-electron chi connectivity index (χ0n) is 11.7. The Morgan fingerprint density at radius 3 is 2.80 bits per heavy atom. The largest absolute Gasteiger partial charge is 0.489 e. The van der Waals surface area contributed by atoms with Gasteiger partial charge in [0.15, 0.2) is 5.78 Å². The summed E-state index contributed by atoms with van der Waals surface area (Å²) in [6.45, 7) is 2.33. The first-order valence-corrected chi connectivity index (χ1v) is 7.34. The summed E-state index contributed by atoms with van der Waals surface area (Å²) in [6.07, 6.45) is 7.71. The van der Waals surface area contributed by atoms with Gasteiger partial charge in [-0.25, -0.2) is 4.39 Å². The first-order valence-electron chi connectivity index (χ1n) is 7.34. The van der Waals surface area contributed by atoms with Crippen LogP contribution in [-0.4, -0.2) is 12.4 Å². The summed E-state index contributed by atoms with van der Waals surface area (Å²) < 4.78 is 19.8. The second-order valence-corrected chi connectivity index (χ2v) is 5.58. The molecule has 1 aromatic rings. The molecule has 0 bridgehead atoms. The average Bonchev–Trinajstić information content (AvgIpc) is 2.77. The van der Waals surface area contributed by atoms with Gasteiger partial charge in [-0.3, -0.25) is 4.79 Å². The molecular weight excluding hydrogens is 255 g/mol. The van der Waals surface area contributed by atoms with Gasteiger partial charge in [0.25, 0.3) is 0 Å². The Labute approximate surface area is 118 Å². The van der Waals surface area contributed by atoms with Crippen LogP contribution < -0.4 is 4.74 Å². The van der Waals surface area contributed by atoms with Gasteiger partial charge < -0.3 is 4.74 Å². The molecule has 106 valence electrons. The molecule has 3 rings (SSSR count). The Hall–Kier alpha value is -1.64. The minimum atomic E-state index is -0.249. The van der Waals surface area contributed by atoms with Crippen molar-refractivity contribution in [1.82, 2.24) is 0 Å². The van der Waals surface area contributed by atoms with Crippen molar-refractivity contribution in [2.75, 3.05) is 6.61 Å². The summed E-state index contributed by atoms with van der Waals surface area (Å²) in [4.78, 5) is 12.6. The number of hydrogen-bond donors (Lipinski definition) is 0. The normalized spacial score (nSPS) is 24.8. The fourth-order valence-electron chi connectivity index (χ4n) is 3.52. The number of Topliss-reactive ketones (excluding diaryl/α,β-unsaturated/α-hetero) is 1. The van der Waals surface area contributed by atoms with Gasteiger partial charge >= 0.3 is 0 Å². The molecule has 2 aliphatic carbocycles. The number of hydrogen-bond acceptors (Lipinski definition) is 2. The van der Waals surface area contributed by atoms with Crippen molar-refractivity contribution in [2.45, 2.75) is 38.5 Å². The van der Waals surface area contributed by atoms with E-state index in [1.54, 1.807) is 6.07 Å². The molecule has 0 aromatic heterocycles. The summed E-state index contributed by atoms with van der Waals surface area (Å²) in [6, 6.07) is 3.03. The topological polar surface area (TPSA) is 26.3 Å². The third-order valence-electron chi connectivity index (χ3n) is 4.44. The van der Waals surface area contributed by atoms with Crippen LogP contribution in [0.15, 0.2) is 24.3 Å².